The Morgan fingerprint density at radius 2 is 1.21 bits per heavy atom. The second-order valence-corrected chi connectivity index (χ2v) is 8.95. The van der Waals surface area contributed by atoms with E-state index in [2.05, 4.69) is 0 Å². The lowest BCUT2D eigenvalue weighted by molar-refractivity contribution is -0.177. The van der Waals surface area contributed by atoms with Gasteiger partial charge < -0.3 is 14.2 Å². The van der Waals surface area contributed by atoms with E-state index in [1.807, 2.05) is 67.6 Å². The summed E-state index contributed by atoms with van der Waals surface area (Å²) in [6, 6.07) is 18.3. The topological polar surface area (TPSA) is 78.9 Å². The van der Waals surface area contributed by atoms with Gasteiger partial charge in [0.1, 0.15) is 18.8 Å². The molecule has 0 aromatic heterocycles. The van der Waals surface area contributed by atoms with Gasteiger partial charge in [0.05, 0.1) is 5.92 Å². The average molecular weight is 455 g/mol. The van der Waals surface area contributed by atoms with E-state index < -0.39 is 35.3 Å². The van der Waals surface area contributed by atoms with Gasteiger partial charge in [-0.25, -0.2) is 0 Å². The van der Waals surface area contributed by atoms with Crippen LogP contribution in [0.25, 0.3) is 0 Å². The van der Waals surface area contributed by atoms with Crippen molar-refractivity contribution in [3.63, 3.8) is 0 Å². The third kappa shape index (κ3) is 9.08. The Morgan fingerprint density at radius 3 is 1.61 bits per heavy atom. The zero-order valence-corrected chi connectivity index (χ0v) is 19.9. The maximum atomic E-state index is 13.1. The monoisotopic (exact) mass is 454 g/mol. The summed E-state index contributed by atoms with van der Waals surface area (Å²) >= 11 is 0. The highest BCUT2D eigenvalue weighted by Crippen LogP contribution is 2.27. The lowest BCUT2D eigenvalue weighted by atomic mass is 9.87. The van der Waals surface area contributed by atoms with Crippen LogP contribution in [0.1, 0.15) is 58.1 Å². The van der Waals surface area contributed by atoms with Crippen molar-refractivity contribution in [3.05, 3.63) is 71.8 Å². The number of ether oxygens (including phenoxy) is 3. The molecule has 33 heavy (non-hydrogen) atoms. The lowest BCUT2D eigenvalue weighted by Gasteiger charge is -2.27. The molecule has 1 atom stereocenters. The molecule has 178 valence electrons. The largest absolute Gasteiger partial charge is 0.460 e. The van der Waals surface area contributed by atoms with Gasteiger partial charge in [0, 0.05) is 0 Å². The first-order valence-electron chi connectivity index (χ1n) is 11.3. The molecule has 0 saturated carbocycles. The molecule has 0 aliphatic carbocycles. The van der Waals surface area contributed by atoms with Crippen molar-refractivity contribution in [1.29, 1.82) is 0 Å². The first-order chi connectivity index (χ1) is 15.7. The molecule has 0 saturated heterocycles. The summed E-state index contributed by atoms with van der Waals surface area (Å²) in [7, 11) is 0. The van der Waals surface area contributed by atoms with Crippen LogP contribution in [0.2, 0.25) is 0 Å². The molecular formula is C27H34O6. The first-order valence-corrected chi connectivity index (χ1v) is 11.3. The van der Waals surface area contributed by atoms with Gasteiger partial charge in [-0.15, -0.1) is 0 Å². The Hall–Kier alpha value is -3.15. The maximum Gasteiger partial charge on any atom is 0.321 e. The molecule has 0 aliphatic rings. The number of carbonyl (C=O) groups excluding carboxylic acids is 3. The SMILES string of the molecule is CCCC[C@@H](C(=O)OC(C)(C)C)C(C(=O)OCc1ccccc1)C(=O)OCc1ccccc1. The van der Waals surface area contributed by atoms with Crippen molar-refractivity contribution in [3.8, 4) is 0 Å². The van der Waals surface area contributed by atoms with Crippen LogP contribution < -0.4 is 0 Å². The standard InChI is InChI=1S/C27H34O6/c1-5-6-17-22(24(28)33-27(2,3)4)23(25(29)31-18-20-13-9-7-10-14-20)26(30)32-19-21-15-11-8-12-16-21/h7-16,22-23H,5-6,17-19H2,1-4H3/t22-/m1/s1. The van der Waals surface area contributed by atoms with Crippen molar-refractivity contribution in [2.75, 3.05) is 0 Å². The summed E-state index contributed by atoms with van der Waals surface area (Å²) in [6.45, 7) is 7.21. The highest BCUT2D eigenvalue weighted by molar-refractivity contribution is 5.99. The predicted octanol–water partition coefficient (Wildman–Crippen LogP) is 5.24. The van der Waals surface area contributed by atoms with Gasteiger partial charge >= 0.3 is 17.9 Å². The van der Waals surface area contributed by atoms with Crippen LogP contribution in [-0.4, -0.2) is 23.5 Å². The second kappa shape index (κ2) is 12.8. The first kappa shape index (κ1) is 26.1. The van der Waals surface area contributed by atoms with Crippen LogP contribution in [0.4, 0.5) is 0 Å². The van der Waals surface area contributed by atoms with E-state index in [0.717, 1.165) is 17.5 Å². The highest BCUT2D eigenvalue weighted by atomic mass is 16.6. The van der Waals surface area contributed by atoms with Crippen molar-refractivity contribution in [2.24, 2.45) is 11.8 Å². The van der Waals surface area contributed by atoms with Gasteiger partial charge in [-0.2, -0.15) is 0 Å². The Morgan fingerprint density at radius 1 is 0.758 bits per heavy atom. The van der Waals surface area contributed by atoms with Gasteiger partial charge in [0.2, 0.25) is 0 Å². The summed E-state index contributed by atoms with van der Waals surface area (Å²) in [6.07, 6.45) is 1.76. The maximum absolute atomic E-state index is 13.1. The Balaban J connectivity index is 2.24. The number of unbranched alkanes of at least 4 members (excludes halogenated alkanes) is 1. The third-order valence-electron chi connectivity index (χ3n) is 4.94. The zero-order chi connectivity index (χ0) is 24.3. The quantitative estimate of drug-likeness (QED) is 0.263. The molecule has 0 N–H and O–H groups in total. The predicted molar refractivity (Wildman–Crippen MR) is 125 cm³/mol. The fourth-order valence-corrected chi connectivity index (χ4v) is 3.28. The summed E-state index contributed by atoms with van der Waals surface area (Å²) < 4.78 is 16.5. The van der Waals surface area contributed by atoms with E-state index in [-0.39, 0.29) is 13.2 Å². The minimum atomic E-state index is -1.40. The number of esters is 3. The molecule has 6 nitrogen and oxygen atoms in total. The number of hydrogen-bond donors (Lipinski definition) is 0. The lowest BCUT2D eigenvalue weighted by Crippen LogP contribution is -2.41. The molecule has 0 aliphatic heterocycles. The molecule has 6 heteroatoms. The molecule has 0 radical (unpaired) electrons. The molecule has 0 heterocycles. The van der Waals surface area contributed by atoms with Crippen molar-refractivity contribution < 1.29 is 28.6 Å². The molecule has 0 spiro atoms. The van der Waals surface area contributed by atoms with E-state index in [0.29, 0.717) is 12.8 Å². The van der Waals surface area contributed by atoms with Crippen LogP contribution >= 0.6 is 0 Å². The van der Waals surface area contributed by atoms with Crippen LogP contribution in [-0.2, 0) is 41.8 Å². The van der Waals surface area contributed by atoms with Gasteiger partial charge in [0.15, 0.2) is 5.92 Å². The Bertz CT molecular complexity index is 830. The van der Waals surface area contributed by atoms with Gasteiger partial charge in [0.25, 0.3) is 0 Å². The summed E-state index contributed by atoms with van der Waals surface area (Å²) in [4.78, 5) is 39.3. The summed E-state index contributed by atoms with van der Waals surface area (Å²) in [5.41, 5.74) is 0.808. The van der Waals surface area contributed by atoms with Crippen molar-refractivity contribution >= 4 is 17.9 Å². The second-order valence-electron chi connectivity index (χ2n) is 8.95. The van der Waals surface area contributed by atoms with Crippen molar-refractivity contribution in [2.45, 2.75) is 65.8 Å². The van der Waals surface area contributed by atoms with E-state index in [1.54, 1.807) is 20.8 Å². The van der Waals surface area contributed by atoms with Crippen molar-refractivity contribution in [1.82, 2.24) is 0 Å². The Labute approximate surface area is 196 Å². The molecule has 2 aromatic carbocycles. The minimum Gasteiger partial charge on any atom is -0.460 e. The van der Waals surface area contributed by atoms with E-state index in [1.165, 1.54) is 0 Å². The molecular weight excluding hydrogens is 420 g/mol. The summed E-state index contributed by atoms with van der Waals surface area (Å²) in [5, 5.41) is 0. The fraction of sp³-hybridized carbons (Fsp3) is 0.444. The number of benzene rings is 2. The molecule has 2 aromatic rings. The van der Waals surface area contributed by atoms with Crippen LogP contribution in [0.15, 0.2) is 60.7 Å². The highest BCUT2D eigenvalue weighted by Gasteiger charge is 2.43. The molecule has 0 fully saturated rings. The molecule has 0 amide bonds. The van der Waals surface area contributed by atoms with Gasteiger partial charge in [-0.3, -0.25) is 14.4 Å². The minimum absolute atomic E-state index is 0.00302. The number of rotatable bonds is 11. The Kier molecular flexibility index (Phi) is 10.1. The van der Waals surface area contributed by atoms with Crippen LogP contribution in [0, 0.1) is 11.8 Å². The fourth-order valence-electron chi connectivity index (χ4n) is 3.28. The van der Waals surface area contributed by atoms with E-state index in [9.17, 15) is 14.4 Å². The zero-order valence-electron chi connectivity index (χ0n) is 19.9. The normalized spacial score (nSPS) is 12.2. The summed E-state index contributed by atoms with van der Waals surface area (Å²) in [5.74, 6) is -4.57. The molecule has 0 unspecified atom stereocenters. The number of hydrogen-bond acceptors (Lipinski definition) is 6. The van der Waals surface area contributed by atoms with E-state index in [4.69, 9.17) is 14.2 Å². The van der Waals surface area contributed by atoms with Crippen LogP contribution in [0.5, 0.6) is 0 Å². The van der Waals surface area contributed by atoms with Gasteiger partial charge in [-0.1, -0.05) is 80.4 Å². The molecule has 2 rings (SSSR count). The number of carbonyl (C=O) groups is 3. The third-order valence-corrected chi connectivity index (χ3v) is 4.94. The average Bonchev–Trinajstić information content (AvgIpc) is 2.79. The van der Waals surface area contributed by atoms with E-state index >= 15 is 0 Å². The molecule has 0 bridgehead atoms. The van der Waals surface area contributed by atoms with Crippen LogP contribution in [0.3, 0.4) is 0 Å². The smallest absolute Gasteiger partial charge is 0.321 e. The van der Waals surface area contributed by atoms with Gasteiger partial charge in [-0.05, 0) is 38.3 Å².